The first-order chi connectivity index (χ1) is 12.7. The Hall–Kier alpha value is -1.76. The summed E-state index contributed by atoms with van der Waals surface area (Å²) in [6.45, 7) is 2.60. The number of nitrogens with zero attached hydrogens (tertiary/aromatic N) is 2. The van der Waals surface area contributed by atoms with Crippen LogP contribution in [0.15, 0.2) is 42.5 Å². The Labute approximate surface area is 169 Å². The maximum atomic E-state index is 13.1. The third kappa shape index (κ3) is 4.39. The van der Waals surface area contributed by atoms with Crippen molar-refractivity contribution >= 4 is 44.8 Å². The van der Waals surface area contributed by atoms with Crippen LogP contribution in [0, 0.1) is 0 Å². The predicted octanol–water partition coefficient (Wildman–Crippen LogP) is 3.73. The maximum Gasteiger partial charge on any atom is 0.246 e. The van der Waals surface area contributed by atoms with Crippen molar-refractivity contribution < 1.29 is 13.2 Å². The number of carbonyl (C=O) groups is 1. The monoisotopic (exact) mass is 426 g/mol. The Bertz CT molecular complexity index is 958. The zero-order valence-electron chi connectivity index (χ0n) is 15.0. The zero-order chi connectivity index (χ0) is 19.8. The molecule has 0 radical (unpaired) electrons. The summed E-state index contributed by atoms with van der Waals surface area (Å²) in [7, 11) is -3.73. The van der Waals surface area contributed by atoms with E-state index < -0.39 is 16.1 Å². The minimum Gasteiger partial charge on any atom is -0.336 e. The Morgan fingerprint density at radius 3 is 2.30 bits per heavy atom. The predicted molar refractivity (Wildman–Crippen MR) is 109 cm³/mol. The van der Waals surface area contributed by atoms with Crippen molar-refractivity contribution in [2.24, 2.45) is 0 Å². The van der Waals surface area contributed by atoms with Gasteiger partial charge in [0.25, 0.3) is 0 Å². The summed E-state index contributed by atoms with van der Waals surface area (Å²) in [6.07, 6.45) is 1.81. The largest absolute Gasteiger partial charge is 0.336 e. The van der Waals surface area contributed by atoms with Crippen molar-refractivity contribution in [3.8, 4) is 0 Å². The fourth-order valence-corrected chi connectivity index (χ4v) is 5.08. The summed E-state index contributed by atoms with van der Waals surface area (Å²) in [4.78, 5) is 14.8. The highest BCUT2D eigenvalue weighted by Crippen LogP contribution is 2.29. The molecular weight excluding hydrogens is 407 g/mol. The van der Waals surface area contributed by atoms with Gasteiger partial charge < -0.3 is 4.90 Å². The van der Waals surface area contributed by atoms with Crippen LogP contribution in [0.1, 0.15) is 18.1 Å². The van der Waals surface area contributed by atoms with E-state index in [2.05, 4.69) is 6.07 Å². The standard InChI is InChI=1S/C19H20Cl2N2O3S/c1-13(19(24)22-8-7-14-5-3-4-6-15(14)12-22)23(27(2,25)26)18-10-16(20)9-17(21)11-18/h3-6,9-11,13H,7-8,12H2,1-2H3. The quantitative estimate of drug-likeness (QED) is 0.747. The molecule has 1 atom stereocenters. The number of hydrogen-bond donors (Lipinski definition) is 0. The van der Waals surface area contributed by atoms with Crippen LogP contribution in [0.5, 0.6) is 0 Å². The van der Waals surface area contributed by atoms with Gasteiger partial charge in [-0.3, -0.25) is 9.10 Å². The molecule has 1 heterocycles. The first-order valence-electron chi connectivity index (χ1n) is 8.48. The number of fused-ring (bicyclic) bond motifs is 1. The molecule has 0 fully saturated rings. The first-order valence-corrected chi connectivity index (χ1v) is 11.1. The molecule has 8 heteroatoms. The van der Waals surface area contributed by atoms with Crippen LogP contribution in [0.25, 0.3) is 0 Å². The van der Waals surface area contributed by atoms with E-state index in [-0.39, 0.29) is 11.6 Å². The van der Waals surface area contributed by atoms with E-state index in [0.717, 1.165) is 22.5 Å². The van der Waals surface area contributed by atoms with Crippen LogP contribution in [-0.4, -0.2) is 38.1 Å². The van der Waals surface area contributed by atoms with E-state index in [9.17, 15) is 13.2 Å². The van der Waals surface area contributed by atoms with E-state index in [0.29, 0.717) is 23.1 Å². The highest BCUT2D eigenvalue weighted by Gasteiger charge is 2.33. The van der Waals surface area contributed by atoms with Gasteiger partial charge in [-0.2, -0.15) is 0 Å². The van der Waals surface area contributed by atoms with Gasteiger partial charge in [0.15, 0.2) is 0 Å². The molecule has 0 saturated heterocycles. The average molecular weight is 427 g/mol. The molecule has 3 rings (SSSR count). The molecule has 2 aromatic rings. The topological polar surface area (TPSA) is 57.7 Å². The third-order valence-corrected chi connectivity index (χ3v) is 6.29. The molecule has 1 aliphatic heterocycles. The second-order valence-electron chi connectivity index (χ2n) is 6.64. The van der Waals surface area contributed by atoms with Gasteiger partial charge in [-0.15, -0.1) is 0 Å². The molecule has 0 aromatic heterocycles. The summed E-state index contributed by atoms with van der Waals surface area (Å²) in [5.74, 6) is -0.258. The molecule has 0 bridgehead atoms. The lowest BCUT2D eigenvalue weighted by Crippen LogP contribution is -2.50. The Kier molecular flexibility index (Phi) is 5.70. The molecule has 0 saturated carbocycles. The van der Waals surface area contributed by atoms with Gasteiger partial charge in [0.2, 0.25) is 15.9 Å². The van der Waals surface area contributed by atoms with Gasteiger partial charge in [0, 0.05) is 23.1 Å². The normalized spacial score (nSPS) is 15.2. The number of anilines is 1. The Morgan fingerprint density at radius 1 is 1.11 bits per heavy atom. The molecule has 5 nitrogen and oxygen atoms in total. The lowest BCUT2D eigenvalue weighted by molar-refractivity contribution is -0.132. The molecule has 1 amide bonds. The zero-order valence-corrected chi connectivity index (χ0v) is 17.4. The number of carbonyl (C=O) groups excluding carboxylic acids is 1. The fourth-order valence-electron chi connectivity index (χ4n) is 3.42. The molecule has 1 unspecified atom stereocenters. The van der Waals surface area contributed by atoms with Crippen molar-refractivity contribution in [1.82, 2.24) is 4.90 Å². The van der Waals surface area contributed by atoms with E-state index in [1.807, 2.05) is 18.2 Å². The lowest BCUT2D eigenvalue weighted by Gasteiger charge is -2.35. The highest BCUT2D eigenvalue weighted by atomic mass is 35.5. The first kappa shape index (κ1) is 20.0. The van der Waals surface area contributed by atoms with E-state index in [4.69, 9.17) is 23.2 Å². The number of halogens is 2. The molecular formula is C19H20Cl2N2O3S. The van der Waals surface area contributed by atoms with Crippen LogP contribution < -0.4 is 4.31 Å². The van der Waals surface area contributed by atoms with E-state index >= 15 is 0 Å². The van der Waals surface area contributed by atoms with Crippen LogP contribution in [0.2, 0.25) is 10.0 Å². The fraction of sp³-hybridized carbons (Fsp3) is 0.316. The van der Waals surface area contributed by atoms with E-state index in [1.54, 1.807) is 11.8 Å². The number of amides is 1. The second kappa shape index (κ2) is 7.70. The Balaban J connectivity index is 1.91. The minimum absolute atomic E-state index is 0.258. The van der Waals surface area contributed by atoms with Crippen molar-refractivity contribution in [2.75, 3.05) is 17.1 Å². The summed E-state index contributed by atoms with van der Waals surface area (Å²) in [6, 6.07) is 11.5. The SMILES string of the molecule is CC(C(=O)N1CCc2ccccc2C1)N(c1cc(Cl)cc(Cl)c1)S(C)(=O)=O. The van der Waals surface area contributed by atoms with Gasteiger partial charge in [-0.1, -0.05) is 47.5 Å². The molecule has 144 valence electrons. The van der Waals surface area contributed by atoms with Crippen molar-refractivity contribution in [1.29, 1.82) is 0 Å². The average Bonchev–Trinajstić information content (AvgIpc) is 2.58. The second-order valence-corrected chi connectivity index (χ2v) is 9.37. The minimum atomic E-state index is -3.73. The molecule has 0 aliphatic carbocycles. The summed E-state index contributed by atoms with van der Waals surface area (Å²) in [5.41, 5.74) is 2.57. The summed E-state index contributed by atoms with van der Waals surface area (Å²) in [5, 5.41) is 0.607. The van der Waals surface area contributed by atoms with Crippen molar-refractivity contribution in [2.45, 2.75) is 25.9 Å². The van der Waals surface area contributed by atoms with Gasteiger partial charge in [-0.25, -0.2) is 8.42 Å². The summed E-state index contributed by atoms with van der Waals surface area (Å²) >= 11 is 12.1. The summed E-state index contributed by atoms with van der Waals surface area (Å²) < 4.78 is 26.0. The molecule has 1 aliphatic rings. The smallest absolute Gasteiger partial charge is 0.246 e. The lowest BCUT2D eigenvalue weighted by atomic mass is 9.99. The number of hydrogen-bond acceptors (Lipinski definition) is 3. The van der Waals surface area contributed by atoms with Gasteiger partial charge in [0.05, 0.1) is 11.9 Å². The van der Waals surface area contributed by atoms with Gasteiger partial charge in [-0.05, 0) is 42.7 Å². The Morgan fingerprint density at radius 2 is 1.70 bits per heavy atom. The number of sulfonamides is 1. The van der Waals surface area contributed by atoms with Crippen molar-refractivity contribution in [3.05, 3.63) is 63.6 Å². The maximum absolute atomic E-state index is 13.1. The van der Waals surface area contributed by atoms with Crippen LogP contribution >= 0.6 is 23.2 Å². The van der Waals surface area contributed by atoms with Crippen LogP contribution in [0.3, 0.4) is 0 Å². The molecule has 27 heavy (non-hydrogen) atoms. The van der Waals surface area contributed by atoms with Crippen molar-refractivity contribution in [3.63, 3.8) is 0 Å². The molecule has 0 spiro atoms. The highest BCUT2D eigenvalue weighted by molar-refractivity contribution is 7.92. The number of benzene rings is 2. The molecule has 2 aromatic carbocycles. The van der Waals surface area contributed by atoms with E-state index in [1.165, 1.54) is 23.8 Å². The van der Waals surface area contributed by atoms with Crippen LogP contribution in [0.4, 0.5) is 5.69 Å². The van der Waals surface area contributed by atoms with Crippen LogP contribution in [-0.2, 0) is 27.8 Å². The molecule has 0 N–H and O–H groups in total. The number of rotatable bonds is 4. The van der Waals surface area contributed by atoms with Gasteiger partial charge >= 0.3 is 0 Å². The third-order valence-electron chi connectivity index (χ3n) is 4.61. The van der Waals surface area contributed by atoms with Gasteiger partial charge in [0.1, 0.15) is 6.04 Å².